The summed E-state index contributed by atoms with van der Waals surface area (Å²) in [6.45, 7) is 16.5. The second-order valence-corrected chi connectivity index (χ2v) is 4.60. The van der Waals surface area contributed by atoms with Crippen LogP contribution in [0.3, 0.4) is 0 Å². The van der Waals surface area contributed by atoms with Crippen LogP contribution in [0.1, 0.15) is 27.7 Å². The summed E-state index contributed by atoms with van der Waals surface area (Å²) >= 11 is 0. The van der Waals surface area contributed by atoms with Crippen molar-refractivity contribution in [3.63, 3.8) is 0 Å². The molecule has 84 valence electrons. The van der Waals surface area contributed by atoms with Gasteiger partial charge >= 0.3 is 0 Å². The van der Waals surface area contributed by atoms with Crippen LogP contribution in [0.15, 0.2) is 30.3 Å². The van der Waals surface area contributed by atoms with Crippen molar-refractivity contribution >= 4 is 5.84 Å². The van der Waals surface area contributed by atoms with Crippen molar-refractivity contribution in [3.05, 3.63) is 25.3 Å². The summed E-state index contributed by atoms with van der Waals surface area (Å²) in [6.07, 6.45) is 3.89. The minimum absolute atomic E-state index is 0.169. The Bertz CT molecular complexity index is 276. The van der Waals surface area contributed by atoms with Gasteiger partial charge in [-0.2, -0.15) is 0 Å². The maximum absolute atomic E-state index is 4.71. The van der Waals surface area contributed by atoms with E-state index >= 15 is 0 Å². The molecule has 0 saturated heterocycles. The van der Waals surface area contributed by atoms with E-state index in [0.717, 1.165) is 0 Å². The lowest BCUT2D eigenvalue weighted by Crippen LogP contribution is -2.44. The molecule has 0 N–H and O–H groups in total. The van der Waals surface area contributed by atoms with Crippen molar-refractivity contribution in [2.75, 3.05) is 0 Å². The lowest BCUT2D eigenvalue weighted by Gasteiger charge is -2.32. The quantitative estimate of drug-likeness (QED) is 0.646. The fraction of sp³-hybridized carbons (Fsp3) is 0.615. The first kappa shape index (κ1) is 12.0. The predicted molar refractivity (Wildman–Crippen MR) is 67.2 cm³/mol. The number of aliphatic imine (C=N–C) groups is 1. The van der Waals surface area contributed by atoms with Gasteiger partial charge in [0.05, 0.1) is 12.1 Å². The molecule has 0 radical (unpaired) electrons. The Balaban J connectivity index is 3.03. The molecule has 1 aliphatic heterocycles. The van der Waals surface area contributed by atoms with Crippen LogP contribution < -0.4 is 0 Å². The number of rotatable bonds is 4. The summed E-state index contributed by atoms with van der Waals surface area (Å²) in [6, 6.07) is 0.904. The molecule has 2 atom stereocenters. The highest BCUT2D eigenvalue weighted by Gasteiger charge is 2.34. The van der Waals surface area contributed by atoms with Gasteiger partial charge < -0.3 is 4.90 Å². The number of hydrogen-bond donors (Lipinski definition) is 0. The fourth-order valence-electron chi connectivity index (χ4n) is 2.11. The summed E-state index contributed by atoms with van der Waals surface area (Å²) in [4.78, 5) is 7.07. The molecule has 2 unspecified atom stereocenters. The first-order chi connectivity index (χ1) is 7.02. The zero-order valence-electron chi connectivity index (χ0n) is 10.3. The zero-order valence-corrected chi connectivity index (χ0v) is 10.3. The van der Waals surface area contributed by atoms with Gasteiger partial charge in [0.1, 0.15) is 5.84 Å². The minimum Gasteiger partial charge on any atom is -0.349 e. The second-order valence-electron chi connectivity index (χ2n) is 4.60. The molecule has 2 heteroatoms. The van der Waals surface area contributed by atoms with Crippen molar-refractivity contribution in [1.82, 2.24) is 4.90 Å². The SMILES string of the molecule is C=CC1N=C(C(C)C)N(C(C)C)C1C=C. The van der Waals surface area contributed by atoms with Crippen molar-refractivity contribution in [3.8, 4) is 0 Å². The molecule has 1 heterocycles. The van der Waals surface area contributed by atoms with Crippen LogP contribution in [0, 0.1) is 5.92 Å². The molecule has 0 amide bonds. The highest BCUT2D eigenvalue weighted by molar-refractivity contribution is 5.87. The first-order valence-electron chi connectivity index (χ1n) is 5.64. The zero-order chi connectivity index (χ0) is 11.6. The lowest BCUT2D eigenvalue weighted by molar-refractivity contribution is 0.302. The van der Waals surface area contributed by atoms with Crippen molar-refractivity contribution in [2.45, 2.75) is 45.8 Å². The highest BCUT2D eigenvalue weighted by atomic mass is 15.3. The number of hydrogen-bond acceptors (Lipinski definition) is 2. The minimum atomic E-state index is 0.169. The smallest absolute Gasteiger partial charge is 0.103 e. The van der Waals surface area contributed by atoms with Crippen LogP contribution >= 0.6 is 0 Å². The number of amidine groups is 1. The third kappa shape index (κ3) is 2.14. The van der Waals surface area contributed by atoms with Crippen LogP contribution in [-0.2, 0) is 0 Å². The molecule has 1 aliphatic rings. The molecule has 0 bridgehead atoms. The topological polar surface area (TPSA) is 15.6 Å². The number of nitrogens with zero attached hydrogens (tertiary/aromatic N) is 2. The summed E-state index contributed by atoms with van der Waals surface area (Å²) < 4.78 is 0. The Kier molecular flexibility index (Phi) is 3.72. The predicted octanol–water partition coefficient (Wildman–Crippen LogP) is 2.87. The van der Waals surface area contributed by atoms with E-state index in [-0.39, 0.29) is 12.1 Å². The van der Waals surface area contributed by atoms with Crippen molar-refractivity contribution in [1.29, 1.82) is 0 Å². The highest BCUT2D eigenvalue weighted by Crippen LogP contribution is 2.25. The monoisotopic (exact) mass is 206 g/mol. The maximum Gasteiger partial charge on any atom is 0.103 e. The van der Waals surface area contributed by atoms with Gasteiger partial charge in [0.2, 0.25) is 0 Å². The molecule has 0 aliphatic carbocycles. The Morgan fingerprint density at radius 3 is 2.13 bits per heavy atom. The van der Waals surface area contributed by atoms with E-state index < -0.39 is 0 Å². The molecule has 0 fully saturated rings. The third-order valence-corrected chi connectivity index (χ3v) is 2.77. The van der Waals surface area contributed by atoms with Gasteiger partial charge in [-0.1, -0.05) is 26.0 Å². The van der Waals surface area contributed by atoms with E-state index in [4.69, 9.17) is 4.99 Å². The first-order valence-corrected chi connectivity index (χ1v) is 5.64. The molecular weight excluding hydrogens is 184 g/mol. The normalized spacial score (nSPS) is 26.0. The average molecular weight is 206 g/mol. The van der Waals surface area contributed by atoms with Gasteiger partial charge in [0.15, 0.2) is 0 Å². The average Bonchev–Trinajstić information content (AvgIpc) is 2.55. The molecule has 2 nitrogen and oxygen atoms in total. The largest absolute Gasteiger partial charge is 0.349 e. The van der Waals surface area contributed by atoms with Crippen LogP contribution in [0.5, 0.6) is 0 Å². The van der Waals surface area contributed by atoms with E-state index in [1.54, 1.807) is 0 Å². The standard InChI is InChI=1S/C13H22N2/c1-7-11-12(8-2)15(10(5)6)13(14-11)9(3)4/h7-12H,1-2H2,3-6H3. The fourth-order valence-corrected chi connectivity index (χ4v) is 2.11. The van der Waals surface area contributed by atoms with Crippen LogP contribution in [0.25, 0.3) is 0 Å². The van der Waals surface area contributed by atoms with E-state index in [0.29, 0.717) is 12.0 Å². The van der Waals surface area contributed by atoms with Crippen molar-refractivity contribution < 1.29 is 0 Å². The molecule has 0 spiro atoms. The maximum atomic E-state index is 4.71. The molecular formula is C13H22N2. The van der Waals surface area contributed by atoms with Gasteiger partial charge in [-0.25, -0.2) is 0 Å². The second kappa shape index (κ2) is 4.65. The molecule has 0 aromatic carbocycles. The van der Waals surface area contributed by atoms with E-state index in [2.05, 4.69) is 45.8 Å². The molecule has 0 saturated carbocycles. The van der Waals surface area contributed by atoms with E-state index in [1.165, 1.54) is 5.84 Å². The Morgan fingerprint density at radius 1 is 1.20 bits per heavy atom. The summed E-state index contributed by atoms with van der Waals surface area (Å²) in [7, 11) is 0. The summed E-state index contributed by atoms with van der Waals surface area (Å²) in [5, 5.41) is 0. The van der Waals surface area contributed by atoms with Gasteiger partial charge in [-0.3, -0.25) is 4.99 Å². The lowest BCUT2D eigenvalue weighted by atomic mass is 10.1. The third-order valence-electron chi connectivity index (χ3n) is 2.77. The van der Waals surface area contributed by atoms with Gasteiger partial charge in [0.25, 0.3) is 0 Å². The molecule has 0 aromatic rings. The van der Waals surface area contributed by atoms with Gasteiger partial charge in [-0.05, 0) is 13.8 Å². The van der Waals surface area contributed by atoms with E-state index in [9.17, 15) is 0 Å². The van der Waals surface area contributed by atoms with Crippen LogP contribution in [0.4, 0.5) is 0 Å². The van der Waals surface area contributed by atoms with Crippen LogP contribution in [0.2, 0.25) is 0 Å². The summed E-state index contributed by atoms with van der Waals surface area (Å²) in [5.74, 6) is 1.64. The van der Waals surface area contributed by atoms with Crippen molar-refractivity contribution in [2.24, 2.45) is 10.9 Å². The molecule has 15 heavy (non-hydrogen) atoms. The molecule has 0 aromatic heterocycles. The van der Waals surface area contributed by atoms with Gasteiger partial charge in [-0.15, -0.1) is 13.2 Å². The van der Waals surface area contributed by atoms with E-state index in [1.807, 2.05) is 12.2 Å². The van der Waals surface area contributed by atoms with Crippen LogP contribution in [-0.4, -0.2) is 28.9 Å². The summed E-state index contributed by atoms with van der Waals surface area (Å²) in [5.41, 5.74) is 0. The Hall–Kier alpha value is -1.05. The van der Waals surface area contributed by atoms with Gasteiger partial charge in [0, 0.05) is 12.0 Å². The molecule has 1 rings (SSSR count). The Morgan fingerprint density at radius 2 is 1.80 bits per heavy atom. The Labute approximate surface area is 93.4 Å².